The van der Waals surface area contributed by atoms with Crippen molar-refractivity contribution in [2.75, 3.05) is 29.6 Å². The van der Waals surface area contributed by atoms with E-state index in [4.69, 9.17) is 21.1 Å². The Morgan fingerprint density at radius 3 is 2.57 bits per heavy atom. The number of carbonyl (C=O) groups is 1. The Labute approximate surface area is 170 Å². The molecule has 28 heavy (non-hydrogen) atoms. The number of hydrogen-bond donors (Lipinski definition) is 1. The second-order valence-corrected chi connectivity index (χ2v) is 8.30. The van der Waals surface area contributed by atoms with Gasteiger partial charge >= 0.3 is 0 Å². The first-order valence-electron chi connectivity index (χ1n) is 8.54. The first-order valence-corrected chi connectivity index (χ1v) is 10.8. The summed E-state index contributed by atoms with van der Waals surface area (Å²) in [7, 11) is -2.40. The van der Waals surface area contributed by atoms with Gasteiger partial charge in [0.15, 0.2) is 0 Å². The zero-order valence-electron chi connectivity index (χ0n) is 16.1. The van der Waals surface area contributed by atoms with Crippen molar-refractivity contribution in [2.45, 2.75) is 19.9 Å². The van der Waals surface area contributed by atoms with Gasteiger partial charge in [0.05, 0.1) is 25.7 Å². The molecule has 0 aromatic heterocycles. The van der Waals surface area contributed by atoms with Crippen LogP contribution in [0.1, 0.15) is 13.8 Å². The van der Waals surface area contributed by atoms with Gasteiger partial charge in [-0.3, -0.25) is 9.10 Å². The van der Waals surface area contributed by atoms with E-state index in [0.717, 1.165) is 10.6 Å². The molecule has 1 unspecified atom stereocenters. The number of carbonyl (C=O) groups excluding carboxylic acids is 1. The van der Waals surface area contributed by atoms with Gasteiger partial charge in [0.1, 0.15) is 17.5 Å². The lowest BCUT2D eigenvalue weighted by Crippen LogP contribution is -2.45. The predicted molar refractivity (Wildman–Crippen MR) is 111 cm³/mol. The normalized spacial score (nSPS) is 12.2. The number of halogens is 1. The van der Waals surface area contributed by atoms with Crippen molar-refractivity contribution in [1.29, 1.82) is 0 Å². The Morgan fingerprint density at radius 1 is 1.25 bits per heavy atom. The van der Waals surface area contributed by atoms with Gasteiger partial charge in [0.2, 0.25) is 15.9 Å². The van der Waals surface area contributed by atoms with Crippen LogP contribution in [0.5, 0.6) is 11.5 Å². The third kappa shape index (κ3) is 5.30. The van der Waals surface area contributed by atoms with E-state index >= 15 is 0 Å². The maximum Gasteiger partial charge on any atom is 0.247 e. The highest BCUT2D eigenvalue weighted by molar-refractivity contribution is 7.92. The van der Waals surface area contributed by atoms with Crippen LogP contribution in [0.4, 0.5) is 11.4 Å². The number of ether oxygens (including phenoxy) is 2. The van der Waals surface area contributed by atoms with E-state index in [1.165, 1.54) is 20.1 Å². The van der Waals surface area contributed by atoms with Crippen LogP contribution in [-0.2, 0) is 14.8 Å². The number of nitrogens with one attached hydrogen (secondary N) is 1. The smallest absolute Gasteiger partial charge is 0.247 e. The maximum atomic E-state index is 12.8. The summed E-state index contributed by atoms with van der Waals surface area (Å²) in [4.78, 5) is 12.8. The van der Waals surface area contributed by atoms with Gasteiger partial charge in [-0.25, -0.2) is 8.42 Å². The van der Waals surface area contributed by atoms with Gasteiger partial charge in [0, 0.05) is 16.8 Å². The molecule has 7 nitrogen and oxygen atoms in total. The molecule has 0 fully saturated rings. The number of amides is 1. The van der Waals surface area contributed by atoms with Gasteiger partial charge in [-0.15, -0.1) is 0 Å². The third-order valence-corrected chi connectivity index (χ3v) is 5.34. The zero-order valence-corrected chi connectivity index (χ0v) is 17.7. The number of nitrogens with zero attached hydrogens (tertiary/aromatic N) is 1. The number of rotatable bonds is 8. The summed E-state index contributed by atoms with van der Waals surface area (Å²) in [6.45, 7) is 3.84. The summed E-state index contributed by atoms with van der Waals surface area (Å²) < 4.78 is 36.6. The summed E-state index contributed by atoms with van der Waals surface area (Å²) in [6, 6.07) is 10.4. The van der Waals surface area contributed by atoms with E-state index < -0.39 is 22.0 Å². The fourth-order valence-corrected chi connectivity index (χ4v) is 4.03. The summed E-state index contributed by atoms with van der Waals surface area (Å²) >= 11 is 6.04. The third-order valence-electron chi connectivity index (χ3n) is 3.88. The highest BCUT2D eigenvalue weighted by atomic mass is 35.5. The number of hydrogen-bond acceptors (Lipinski definition) is 5. The Hall–Kier alpha value is -2.45. The fourth-order valence-electron chi connectivity index (χ4n) is 2.69. The van der Waals surface area contributed by atoms with Crippen molar-refractivity contribution in [2.24, 2.45) is 0 Å². The van der Waals surface area contributed by atoms with Crippen molar-refractivity contribution in [3.05, 3.63) is 47.5 Å². The summed E-state index contributed by atoms with van der Waals surface area (Å²) in [5.74, 6) is 0.373. The standard InChI is InChI=1S/C19H23ClN2O5S/c1-5-27-16-8-6-7-15(12-16)21-19(23)13(2)22(28(4,24)25)17-11-14(20)9-10-18(17)26-3/h6-13H,5H2,1-4H3,(H,21,23). The van der Waals surface area contributed by atoms with Gasteiger partial charge in [-0.05, 0) is 44.2 Å². The molecule has 2 aromatic carbocycles. The lowest BCUT2D eigenvalue weighted by Gasteiger charge is -2.29. The Bertz CT molecular complexity index is 949. The average Bonchev–Trinajstić information content (AvgIpc) is 2.61. The quantitative estimate of drug-likeness (QED) is 0.697. The van der Waals surface area contributed by atoms with E-state index in [-0.39, 0.29) is 11.4 Å². The summed E-state index contributed by atoms with van der Waals surface area (Å²) in [6.07, 6.45) is 1.02. The lowest BCUT2D eigenvalue weighted by molar-refractivity contribution is -0.116. The van der Waals surface area contributed by atoms with E-state index in [1.54, 1.807) is 36.4 Å². The lowest BCUT2D eigenvalue weighted by atomic mass is 10.2. The van der Waals surface area contributed by atoms with Gasteiger partial charge in [0.25, 0.3) is 0 Å². The minimum atomic E-state index is -3.81. The minimum absolute atomic E-state index is 0.184. The highest BCUT2D eigenvalue weighted by Gasteiger charge is 2.31. The molecule has 0 spiro atoms. The van der Waals surface area contributed by atoms with Gasteiger partial charge in [-0.1, -0.05) is 17.7 Å². The molecule has 1 N–H and O–H groups in total. The monoisotopic (exact) mass is 426 g/mol. The van der Waals surface area contributed by atoms with E-state index in [1.807, 2.05) is 6.92 Å². The Kier molecular flexibility index (Phi) is 7.15. The van der Waals surface area contributed by atoms with E-state index in [9.17, 15) is 13.2 Å². The van der Waals surface area contributed by atoms with Crippen LogP contribution >= 0.6 is 11.6 Å². The molecule has 1 atom stereocenters. The maximum absolute atomic E-state index is 12.8. The molecule has 0 radical (unpaired) electrons. The van der Waals surface area contributed by atoms with Crippen molar-refractivity contribution < 1.29 is 22.7 Å². The molecule has 0 heterocycles. The molecule has 152 valence electrons. The number of sulfonamides is 1. The molecule has 0 aliphatic heterocycles. The second kappa shape index (κ2) is 9.16. The van der Waals surface area contributed by atoms with Crippen LogP contribution in [0.25, 0.3) is 0 Å². The van der Waals surface area contributed by atoms with Crippen LogP contribution in [0.2, 0.25) is 5.02 Å². The van der Waals surface area contributed by atoms with Crippen molar-refractivity contribution in [3.8, 4) is 11.5 Å². The van der Waals surface area contributed by atoms with Crippen LogP contribution in [0.15, 0.2) is 42.5 Å². The highest BCUT2D eigenvalue weighted by Crippen LogP contribution is 2.34. The van der Waals surface area contributed by atoms with Crippen LogP contribution < -0.4 is 19.1 Å². The summed E-state index contributed by atoms with van der Waals surface area (Å²) in [5, 5.41) is 3.04. The van der Waals surface area contributed by atoms with Crippen molar-refractivity contribution in [1.82, 2.24) is 0 Å². The molecule has 0 aliphatic rings. The SMILES string of the molecule is CCOc1cccc(NC(=O)C(C)N(c2cc(Cl)ccc2OC)S(C)(=O)=O)c1. The second-order valence-electron chi connectivity index (χ2n) is 6.00. The average molecular weight is 427 g/mol. The van der Waals surface area contributed by atoms with Crippen LogP contribution in [0, 0.1) is 0 Å². The molecule has 0 saturated heterocycles. The first kappa shape index (κ1) is 21.8. The molecule has 2 aromatic rings. The Morgan fingerprint density at radius 2 is 1.96 bits per heavy atom. The first-order chi connectivity index (χ1) is 13.2. The molecule has 9 heteroatoms. The summed E-state index contributed by atoms with van der Waals surface area (Å²) in [5.41, 5.74) is 0.678. The van der Waals surface area contributed by atoms with E-state index in [2.05, 4.69) is 5.32 Å². The van der Waals surface area contributed by atoms with Crippen molar-refractivity contribution >= 4 is 38.9 Å². The van der Waals surface area contributed by atoms with Gasteiger partial charge < -0.3 is 14.8 Å². The fraction of sp³-hybridized carbons (Fsp3) is 0.316. The van der Waals surface area contributed by atoms with Crippen LogP contribution in [0.3, 0.4) is 0 Å². The van der Waals surface area contributed by atoms with E-state index in [0.29, 0.717) is 23.1 Å². The Balaban J connectivity index is 2.36. The molecular weight excluding hydrogens is 404 g/mol. The zero-order chi connectivity index (χ0) is 20.9. The van der Waals surface area contributed by atoms with Crippen LogP contribution in [-0.4, -0.2) is 40.3 Å². The number of benzene rings is 2. The molecular formula is C19H23ClN2O5S. The van der Waals surface area contributed by atoms with Gasteiger partial charge in [-0.2, -0.15) is 0 Å². The molecule has 1 amide bonds. The largest absolute Gasteiger partial charge is 0.495 e. The number of methoxy groups -OCH3 is 1. The minimum Gasteiger partial charge on any atom is -0.495 e. The number of anilines is 2. The molecule has 2 rings (SSSR count). The predicted octanol–water partition coefficient (Wildman–Crippen LogP) is 3.54. The molecule has 0 saturated carbocycles. The molecule has 0 bridgehead atoms. The van der Waals surface area contributed by atoms with Crippen molar-refractivity contribution in [3.63, 3.8) is 0 Å². The molecule has 0 aliphatic carbocycles. The topological polar surface area (TPSA) is 84.9 Å².